The van der Waals surface area contributed by atoms with Crippen LogP contribution in [0.5, 0.6) is 5.75 Å². The Morgan fingerprint density at radius 1 is 1.21 bits per heavy atom. The van der Waals surface area contributed by atoms with Gasteiger partial charge in [-0.15, -0.1) is 0 Å². The Hall–Kier alpha value is -1.16. The first-order valence-corrected chi connectivity index (χ1v) is 7.09. The summed E-state index contributed by atoms with van der Waals surface area (Å²) in [5, 5.41) is 10.6. The summed E-state index contributed by atoms with van der Waals surface area (Å²) in [6.07, 6.45) is -0.585. The van der Waals surface area contributed by atoms with Gasteiger partial charge in [0.25, 0.3) is 0 Å². The molecule has 1 atom stereocenters. The standard InChI is InChI=1S/C15H15ClO2S/c1-10(17)15-13(18-2)7-4-8-14(15)19-12-6-3-5-11(16)9-12/h3-10,17H,1-2H3/t10-/m0/s1. The van der Waals surface area contributed by atoms with E-state index in [4.69, 9.17) is 16.3 Å². The second kappa shape index (κ2) is 6.33. The Balaban J connectivity index is 2.39. The molecule has 100 valence electrons. The van der Waals surface area contributed by atoms with Crippen molar-refractivity contribution in [3.63, 3.8) is 0 Å². The smallest absolute Gasteiger partial charge is 0.125 e. The van der Waals surface area contributed by atoms with Crippen LogP contribution < -0.4 is 4.74 Å². The van der Waals surface area contributed by atoms with E-state index < -0.39 is 6.10 Å². The molecule has 0 aliphatic heterocycles. The summed E-state index contributed by atoms with van der Waals surface area (Å²) >= 11 is 7.55. The number of hydrogen-bond donors (Lipinski definition) is 1. The zero-order valence-corrected chi connectivity index (χ0v) is 12.3. The summed E-state index contributed by atoms with van der Waals surface area (Å²) < 4.78 is 5.31. The first kappa shape index (κ1) is 14.3. The van der Waals surface area contributed by atoms with Crippen molar-refractivity contribution in [3.05, 3.63) is 53.1 Å². The van der Waals surface area contributed by atoms with E-state index in [0.29, 0.717) is 10.8 Å². The third-order valence-corrected chi connectivity index (χ3v) is 3.99. The minimum absolute atomic E-state index is 0.585. The highest BCUT2D eigenvalue weighted by Crippen LogP contribution is 2.38. The molecule has 0 amide bonds. The lowest BCUT2D eigenvalue weighted by Gasteiger charge is -2.15. The van der Waals surface area contributed by atoms with Gasteiger partial charge in [-0.25, -0.2) is 0 Å². The second-order valence-corrected chi connectivity index (χ2v) is 5.66. The number of benzene rings is 2. The highest BCUT2D eigenvalue weighted by Gasteiger charge is 2.14. The van der Waals surface area contributed by atoms with Gasteiger partial charge in [0.15, 0.2) is 0 Å². The van der Waals surface area contributed by atoms with Gasteiger partial charge in [-0.05, 0) is 37.3 Å². The van der Waals surface area contributed by atoms with Gasteiger partial charge in [0.1, 0.15) is 5.75 Å². The fourth-order valence-corrected chi connectivity index (χ4v) is 3.23. The summed E-state index contributed by atoms with van der Waals surface area (Å²) in [4.78, 5) is 2.00. The number of aliphatic hydroxyl groups is 1. The largest absolute Gasteiger partial charge is 0.496 e. The number of rotatable bonds is 4. The molecular formula is C15H15ClO2S. The molecule has 0 fully saturated rings. The fourth-order valence-electron chi connectivity index (χ4n) is 1.86. The molecule has 0 aromatic heterocycles. The van der Waals surface area contributed by atoms with Crippen molar-refractivity contribution in [1.29, 1.82) is 0 Å². The van der Waals surface area contributed by atoms with Crippen molar-refractivity contribution in [3.8, 4) is 5.75 Å². The molecule has 0 radical (unpaired) electrons. The first-order valence-electron chi connectivity index (χ1n) is 5.90. The van der Waals surface area contributed by atoms with E-state index in [1.807, 2.05) is 42.5 Å². The van der Waals surface area contributed by atoms with Crippen molar-refractivity contribution in [2.24, 2.45) is 0 Å². The van der Waals surface area contributed by atoms with Crippen LogP contribution >= 0.6 is 23.4 Å². The van der Waals surface area contributed by atoms with Crippen molar-refractivity contribution in [2.75, 3.05) is 7.11 Å². The average Bonchev–Trinajstić information content (AvgIpc) is 2.38. The molecular weight excluding hydrogens is 280 g/mol. The molecule has 0 unspecified atom stereocenters. The maximum absolute atomic E-state index is 9.93. The quantitative estimate of drug-likeness (QED) is 0.897. The highest BCUT2D eigenvalue weighted by atomic mass is 35.5. The number of methoxy groups -OCH3 is 1. The number of halogens is 1. The molecule has 0 heterocycles. The van der Waals surface area contributed by atoms with Crippen molar-refractivity contribution < 1.29 is 9.84 Å². The molecule has 4 heteroatoms. The Bertz CT molecular complexity index is 570. The molecule has 2 aromatic carbocycles. The van der Waals surface area contributed by atoms with E-state index in [1.165, 1.54) is 0 Å². The lowest BCUT2D eigenvalue weighted by molar-refractivity contribution is 0.191. The van der Waals surface area contributed by atoms with Gasteiger partial charge in [0, 0.05) is 20.4 Å². The molecule has 2 rings (SSSR count). The minimum Gasteiger partial charge on any atom is -0.496 e. The van der Waals surface area contributed by atoms with Crippen LogP contribution in [-0.2, 0) is 0 Å². The Morgan fingerprint density at radius 3 is 2.58 bits per heavy atom. The molecule has 0 saturated carbocycles. The van der Waals surface area contributed by atoms with E-state index >= 15 is 0 Å². The van der Waals surface area contributed by atoms with E-state index in [9.17, 15) is 5.11 Å². The van der Waals surface area contributed by atoms with Gasteiger partial charge in [-0.2, -0.15) is 0 Å². The minimum atomic E-state index is -0.585. The number of aliphatic hydroxyl groups excluding tert-OH is 1. The van der Waals surface area contributed by atoms with Crippen LogP contribution in [0.3, 0.4) is 0 Å². The summed E-state index contributed by atoms with van der Waals surface area (Å²) in [6, 6.07) is 13.4. The molecule has 19 heavy (non-hydrogen) atoms. The van der Waals surface area contributed by atoms with Gasteiger partial charge in [-0.3, -0.25) is 0 Å². The predicted molar refractivity (Wildman–Crippen MR) is 79.2 cm³/mol. The maximum Gasteiger partial charge on any atom is 0.125 e. The molecule has 0 bridgehead atoms. The van der Waals surface area contributed by atoms with Crippen LogP contribution in [0, 0.1) is 0 Å². The fraction of sp³-hybridized carbons (Fsp3) is 0.200. The van der Waals surface area contributed by atoms with Gasteiger partial charge in [-0.1, -0.05) is 35.5 Å². The maximum atomic E-state index is 9.93. The molecule has 2 aromatic rings. The lowest BCUT2D eigenvalue weighted by atomic mass is 10.1. The molecule has 2 nitrogen and oxygen atoms in total. The van der Waals surface area contributed by atoms with Crippen molar-refractivity contribution >= 4 is 23.4 Å². The topological polar surface area (TPSA) is 29.5 Å². The highest BCUT2D eigenvalue weighted by molar-refractivity contribution is 7.99. The molecule has 0 aliphatic carbocycles. The van der Waals surface area contributed by atoms with E-state index in [1.54, 1.807) is 25.8 Å². The van der Waals surface area contributed by atoms with Gasteiger partial charge in [0.2, 0.25) is 0 Å². The third-order valence-electron chi connectivity index (χ3n) is 2.69. The summed E-state index contributed by atoms with van der Waals surface area (Å²) in [5.41, 5.74) is 0.801. The van der Waals surface area contributed by atoms with E-state index in [-0.39, 0.29) is 0 Å². The van der Waals surface area contributed by atoms with Crippen LogP contribution in [0.1, 0.15) is 18.6 Å². The molecule has 0 spiro atoms. The Kier molecular flexibility index (Phi) is 4.75. The third kappa shape index (κ3) is 3.44. The van der Waals surface area contributed by atoms with Gasteiger partial charge < -0.3 is 9.84 Å². The molecule has 1 N–H and O–H groups in total. The van der Waals surface area contributed by atoms with Gasteiger partial charge in [0.05, 0.1) is 13.2 Å². The predicted octanol–water partition coefficient (Wildman–Crippen LogP) is 4.55. The summed E-state index contributed by atoms with van der Waals surface area (Å²) in [6.45, 7) is 1.74. The average molecular weight is 295 g/mol. The molecule has 0 saturated heterocycles. The first-order chi connectivity index (χ1) is 9.11. The SMILES string of the molecule is COc1cccc(Sc2cccc(Cl)c2)c1[C@H](C)O. The van der Waals surface area contributed by atoms with Crippen molar-refractivity contribution in [2.45, 2.75) is 22.8 Å². The lowest BCUT2D eigenvalue weighted by Crippen LogP contribution is -1.98. The van der Waals surface area contributed by atoms with Gasteiger partial charge >= 0.3 is 0 Å². The van der Waals surface area contributed by atoms with Crippen LogP contribution in [0.4, 0.5) is 0 Å². The zero-order valence-electron chi connectivity index (χ0n) is 10.8. The molecule has 0 aliphatic rings. The van der Waals surface area contributed by atoms with Crippen LogP contribution in [0.15, 0.2) is 52.3 Å². The summed E-state index contributed by atoms with van der Waals surface area (Å²) in [7, 11) is 1.61. The van der Waals surface area contributed by atoms with Crippen molar-refractivity contribution in [1.82, 2.24) is 0 Å². The number of ether oxygens (including phenoxy) is 1. The van der Waals surface area contributed by atoms with Crippen LogP contribution in [0.2, 0.25) is 5.02 Å². The monoisotopic (exact) mass is 294 g/mol. The van der Waals surface area contributed by atoms with E-state index in [0.717, 1.165) is 15.4 Å². The van der Waals surface area contributed by atoms with Crippen LogP contribution in [-0.4, -0.2) is 12.2 Å². The van der Waals surface area contributed by atoms with Crippen LogP contribution in [0.25, 0.3) is 0 Å². The normalized spacial score (nSPS) is 12.2. The summed E-state index contributed by atoms with van der Waals surface area (Å²) in [5.74, 6) is 0.696. The Morgan fingerprint density at radius 2 is 1.95 bits per heavy atom. The number of hydrogen-bond acceptors (Lipinski definition) is 3. The zero-order chi connectivity index (χ0) is 13.8. The Labute approximate surface area is 122 Å². The second-order valence-electron chi connectivity index (χ2n) is 4.11. The van der Waals surface area contributed by atoms with E-state index in [2.05, 4.69) is 0 Å².